The molecule has 11 heteroatoms. The number of ether oxygens (including phenoxy) is 1. The van der Waals surface area contributed by atoms with Crippen LogP contribution in [0, 0.1) is 0 Å². The molecule has 0 radical (unpaired) electrons. The molecule has 4 amide bonds. The Morgan fingerprint density at radius 1 is 0.868 bits per heavy atom. The zero-order valence-electron chi connectivity index (χ0n) is 20.2. The number of primary amides is 1. The van der Waals surface area contributed by atoms with Crippen LogP contribution in [0.4, 0.5) is 23.7 Å². The van der Waals surface area contributed by atoms with Crippen molar-refractivity contribution in [2.45, 2.75) is 12.8 Å². The molecule has 38 heavy (non-hydrogen) atoms. The number of benzene rings is 3. The van der Waals surface area contributed by atoms with Gasteiger partial charge in [-0.2, -0.15) is 13.2 Å². The predicted molar refractivity (Wildman–Crippen MR) is 134 cm³/mol. The van der Waals surface area contributed by atoms with Crippen LogP contribution >= 0.6 is 0 Å². The van der Waals surface area contributed by atoms with Gasteiger partial charge < -0.3 is 25.6 Å². The van der Waals surface area contributed by atoms with Crippen LogP contribution in [0.5, 0.6) is 5.75 Å². The SMILES string of the molecule is NC(=O)c1ccccc1OCc1cccc(C(=O)N2CCN(C(=O)Nc3ccc(C(F)(F)F)cc3)CC2)c1. The van der Waals surface area contributed by atoms with Gasteiger partial charge in [0.25, 0.3) is 11.8 Å². The first kappa shape index (κ1) is 26.5. The number of urea groups is 1. The van der Waals surface area contributed by atoms with Crippen molar-refractivity contribution in [2.24, 2.45) is 5.73 Å². The van der Waals surface area contributed by atoms with E-state index >= 15 is 0 Å². The average molecular weight is 527 g/mol. The fourth-order valence-corrected chi connectivity index (χ4v) is 3.99. The summed E-state index contributed by atoms with van der Waals surface area (Å²) in [6.07, 6.45) is -4.45. The Kier molecular flexibility index (Phi) is 7.85. The maximum Gasteiger partial charge on any atom is 0.416 e. The molecule has 0 aromatic heterocycles. The van der Waals surface area contributed by atoms with Crippen LogP contribution < -0.4 is 15.8 Å². The van der Waals surface area contributed by atoms with Gasteiger partial charge in [-0.05, 0) is 54.1 Å². The Morgan fingerprint density at radius 2 is 1.53 bits per heavy atom. The minimum absolute atomic E-state index is 0.128. The Balaban J connectivity index is 1.31. The van der Waals surface area contributed by atoms with Gasteiger partial charge in [0, 0.05) is 37.4 Å². The molecule has 0 bridgehead atoms. The number of rotatable bonds is 6. The highest BCUT2D eigenvalue weighted by molar-refractivity contribution is 5.96. The van der Waals surface area contributed by atoms with Crippen molar-refractivity contribution in [1.82, 2.24) is 9.80 Å². The fourth-order valence-electron chi connectivity index (χ4n) is 3.99. The van der Waals surface area contributed by atoms with E-state index in [-0.39, 0.29) is 36.9 Å². The van der Waals surface area contributed by atoms with Crippen LogP contribution in [-0.2, 0) is 12.8 Å². The Labute approximate surface area is 216 Å². The third kappa shape index (κ3) is 6.41. The molecular weight excluding hydrogens is 501 g/mol. The third-order valence-electron chi connectivity index (χ3n) is 6.04. The van der Waals surface area contributed by atoms with Crippen molar-refractivity contribution in [1.29, 1.82) is 0 Å². The van der Waals surface area contributed by atoms with Gasteiger partial charge in [0.2, 0.25) is 0 Å². The quantitative estimate of drug-likeness (QED) is 0.498. The van der Waals surface area contributed by atoms with Crippen LogP contribution in [-0.4, -0.2) is 53.8 Å². The van der Waals surface area contributed by atoms with E-state index in [1.54, 1.807) is 53.4 Å². The maximum atomic E-state index is 13.1. The number of alkyl halides is 3. The second-order valence-corrected chi connectivity index (χ2v) is 8.63. The molecule has 0 atom stereocenters. The van der Waals surface area contributed by atoms with Crippen LogP contribution in [0.25, 0.3) is 0 Å². The van der Waals surface area contributed by atoms with Gasteiger partial charge >= 0.3 is 12.2 Å². The zero-order valence-corrected chi connectivity index (χ0v) is 20.2. The summed E-state index contributed by atoms with van der Waals surface area (Å²) in [5.41, 5.74) is 6.28. The van der Waals surface area contributed by atoms with Crippen LogP contribution in [0.2, 0.25) is 0 Å². The summed E-state index contributed by atoms with van der Waals surface area (Å²) in [6.45, 7) is 1.26. The van der Waals surface area contributed by atoms with Gasteiger partial charge in [0.15, 0.2) is 0 Å². The van der Waals surface area contributed by atoms with E-state index in [1.165, 1.54) is 17.0 Å². The lowest BCUT2D eigenvalue weighted by molar-refractivity contribution is -0.137. The minimum atomic E-state index is -4.45. The van der Waals surface area contributed by atoms with Crippen molar-refractivity contribution in [3.8, 4) is 5.75 Å². The zero-order chi connectivity index (χ0) is 27.3. The van der Waals surface area contributed by atoms with Gasteiger partial charge in [-0.15, -0.1) is 0 Å². The molecule has 198 valence electrons. The number of carbonyl (C=O) groups excluding carboxylic acids is 3. The molecule has 1 aliphatic rings. The Hall–Kier alpha value is -4.54. The molecule has 1 saturated heterocycles. The predicted octanol–water partition coefficient (Wildman–Crippen LogP) is 4.37. The molecule has 0 aliphatic carbocycles. The number of nitrogens with zero attached hydrogens (tertiary/aromatic N) is 2. The number of hydrogen-bond donors (Lipinski definition) is 2. The van der Waals surface area contributed by atoms with E-state index < -0.39 is 23.7 Å². The summed E-state index contributed by atoms with van der Waals surface area (Å²) in [7, 11) is 0. The number of anilines is 1. The lowest BCUT2D eigenvalue weighted by atomic mass is 10.1. The molecule has 8 nitrogen and oxygen atoms in total. The lowest BCUT2D eigenvalue weighted by Crippen LogP contribution is -2.51. The number of para-hydroxylation sites is 1. The lowest BCUT2D eigenvalue weighted by Gasteiger charge is -2.34. The molecule has 1 aliphatic heterocycles. The molecule has 0 unspecified atom stereocenters. The van der Waals surface area contributed by atoms with E-state index in [4.69, 9.17) is 10.5 Å². The number of amides is 4. The first-order valence-electron chi connectivity index (χ1n) is 11.7. The molecule has 0 spiro atoms. The first-order valence-corrected chi connectivity index (χ1v) is 11.7. The number of piperazine rings is 1. The molecule has 1 heterocycles. The number of nitrogens with two attached hydrogens (primary N) is 1. The van der Waals surface area contributed by atoms with Crippen molar-refractivity contribution in [3.63, 3.8) is 0 Å². The highest BCUT2D eigenvalue weighted by atomic mass is 19.4. The van der Waals surface area contributed by atoms with Gasteiger partial charge in [0.05, 0.1) is 11.1 Å². The fraction of sp³-hybridized carbons (Fsp3) is 0.222. The number of nitrogens with one attached hydrogen (secondary N) is 1. The standard InChI is InChI=1S/C27H25F3N4O4/c28-27(29,30)20-8-10-21(11-9-20)32-26(37)34-14-12-33(13-15-34)25(36)19-5-3-4-18(16-19)17-38-23-7-2-1-6-22(23)24(31)35/h1-11,16H,12-15,17H2,(H2,31,35)(H,32,37). The van der Waals surface area contributed by atoms with Crippen LogP contribution in [0.15, 0.2) is 72.8 Å². The van der Waals surface area contributed by atoms with Gasteiger partial charge in [-0.3, -0.25) is 9.59 Å². The van der Waals surface area contributed by atoms with E-state index in [2.05, 4.69) is 5.32 Å². The number of hydrogen-bond acceptors (Lipinski definition) is 4. The van der Waals surface area contributed by atoms with Crippen molar-refractivity contribution in [3.05, 3.63) is 95.1 Å². The van der Waals surface area contributed by atoms with Gasteiger partial charge in [-0.1, -0.05) is 24.3 Å². The molecular formula is C27H25F3N4O4. The largest absolute Gasteiger partial charge is 0.488 e. The molecule has 0 saturated carbocycles. The van der Waals surface area contributed by atoms with Crippen molar-refractivity contribution >= 4 is 23.5 Å². The Bertz CT molecular complexity index is 1320. The molecule has 4 rings (SSSR count). The second-order valence-electron chi connectivity index (χ2n) is 8.63. The summed E-state index contributed by atoms with van der Waals surface area (Å²) in [5.74, 6) is -0.452. The molecule has 3 aromatic carbocycles. The summed E-state index contributed by atoms with van der Waals surface area (Å²) >= 11 is 0. The minimum Gasteiger partial charge on any atom is -0.488 e. The Morgan fingerprint density at radius 3 is 2.18 bits per heavy atom. The first-order chi connectivity index (χ1) is 18.1. The monoisotopic (exact) mass is 526 g/mol. The molecule has 3 aromatic rings. The van der Waals surface area contributed by atoms with E-state index in [1.807, 2.05) is 0 Å². The van der Waals surface area contributed by atoms with Gasteiger partial charge in [-0.25, -0.2) is 4.79 Å². The highest BCUT2D eigenvalue weighted by Crippen LogP contribution is 2.30. The second kappa shape index (κ2) is 11.2. The van der Waals surface area contributed by atoms with Crippen LogP contribution in [0.1, 0.15) is 31.8 Å². The van der Waals surface area contributed by atoms with Crippen molar-refractivity contribution < 1.29 is 32.3 Å². The maximum absolute atomic E-state index is 13.1. The molecule has 1 fully saturated rings. The van der Waals surface area contributed by atoms with E-state index in [0.717, 1.165) is 17.7 Å². The number of carbonyl (C=O) groups is 3. The highest BCUT2D eigenvalue weighted by Gasteiger charge is 2.30. The van der Waals surface area contributed by atoms with Crippen molar-refractivity contribution in [2.75, 3.05) is 31.5 Å². The van der Waals surface area contributed by atoms with Gasteiger partial charge in [0.1, 0.15) is 12.4 Å². The van der Waals surface area contributed by atoms with Crippen LogP contribution in [0.3, 0.4) is 0 Å². The average Bonchev–Trinajstić information content (AvgIpc) is 2.91. The normalized spacial score (nSPS) is 13.7. The summed E-state index contributed by atoms with van der Waals surface area (Å²) in [6, 6.07) is 17.3. The molecule has 3 N–H and O–H groups in total. The topological polar surface area (TPSA) is 105 Å². The summed E-state index contributed by atoms with van der Waals surface area (Å²) in [5, 5.41) is 2.59. The smallest absolute Gasteiger partial charge is 0.416 e. The van der Waals surface area contributed by atoms with E-state index in [9.17, 15) is 27.6 Å². The summed E-state index contributed by atoms with van der Waals surface area (Å²) < 4.78 is 43.9. The number of halogens is 3. The van der Waals surface area contributed by atoms with E-state index in [0.29, 0.717) is 24.4 Å². The summed E-state index contributed by atoms with van der Waals surface area (Å²) in [4.78, 5) is 40.3. The third-order valence-corrected chi connectivity index (χ3v) is 6.04.